The van der Waals surface area contributed by atoms with Gasteiger partial charge in [-0.15, -0.1) is 0 Å². The smallest absolute Gasteiger partial charge is 0.207 e. The van der Waals surface area contributed by atoms with Gasteiger partial charge in [-0.1, -0.05) is 18.2 Å². The first-order valence-electron chi connectivity index (χ1n) is 8.16. The normalized spacial score (nSPS) is 15.6. The number of halogens is 3. The maximum absolute atomic E-state index is 13.2. The van der Waals surface area contributed by atoms with Crippen molar-refractivity contribution in [2.75, 3.05) is 0 Å². The Kier molecular flexibility index (Phi) is 4.44. The topological polar surface area (TPSA) is 63.2 Å². The number of aromatic nitrogens is 2. The Balaban J connectivity index is 1.68. The van der Waals surface area contributed by atoms with Gasteiger partial charge in [-0.25, -0.2) is 8.42 Å². The van der Waals surface area contributed by atoms with Gasteiger partial charge >= 0.3 is 6.18 Å². The van der Waals surface area contributed by atoms with Crippen molar-refractivity contribution < 1.29 is 21.6 Å². The van der Waals surface area contributed by atoms with Gasteiger partial charge in [0.25, 0.3) is 0 Å². The highest BCUT2D eigenvalue weighted by Crippen LogP contribution is 2.36. The average Bonchev–Trinajstić information content (AvgIpc) is 3.34. The maximum Gasteiger partial charge on any atom is 0.416 e. The zero-order chi connectivity index (χ0) is 19.2. The van der Waals surface area contributed by atoms with Crippen LogP contribution in [0.1, 0.15) is 24.0 Å². The van der Waals surface area contributed by atoms with E-state index in [1.165, 1.54) is 22.5 Å². The van der Waals surface area contributed by atoms with Gasteiger partial charge in [0.1, 0.15) is 15.9 Å². The van der Waals surface area contributed by atoms with Crippen LogP contribution in [0.25, 0.3) is 11.0 Å². The summed E-state index contributed by atoms with van der Waals surface area (Å²) >= 11 is 0.937. The Morgan fingerprint density at radius 2 is 1.78 bits per heavy atom. The minimum atomic E-state index is -4.42. The van der Waals surface area contributed by atoms with E-state index in [-0.39, 0.29) is 17.5 Å². The molecule has 0 unspecified atom stereocenters. The molecule has 0 bridgehead atoms. The van der Waals surface area contributed by atoms with E-state index < -0.39 is 21.8 Å². The van der Waals surface area contributed by atoms with Gasteiger partial charge in [0.05, 0.1) is 17.3 Å². The number of sulfonamides is 1. The van der Waals surface area contributed by atoms with Crippen molar-refractivity contribution in [2.24, 2.45) is 0 Å². The summed E-state index contributed by atoms with van der Waals surface area (Å²) in [6.07, 6.45) is -2.97. The summed E-state index contributed by atoms with van der Waals surface area (Å²) in [5.41, 5.74) is 0.569. The van der Waals surface area contributed by atoms with E-state index in [1.807, 2.05) is 0 Å². The summed E-state index contributed by atoms with van der Waals surface area (Å²) in [6.45, 7) is 0.0130. The molecule has 4 rings (SSSR count). The van der Waals surface area contributed by atoms with Crippen molar-refractivity contribution >= 4 is 32.8 Å². The van der Waals surface area contributed by atoms with Crippen molar-refractivity contribution in [1.29, 1.82) is 0 Å². The molecule has 2 aromatic carbocycles. The van der Waals surface area contributed by atoms with E-state index in [9.17, 15) is 21.6 Å². The largest absolute Gasteiger partial charge is 0.416 e. The molecule has 142 valence electrons. The first-order valence-corrected chi connectivity index (χ1v) is 10.3. The average molecular weight is 413 g/mol. The molecule has 27 heavy (non-hydrogen) atoms. The summed E-state index contributed by atoms with van der Waals surface area (Å²) < 4.78 is 74.2. The third-order valence-corrected chi connectivity index (χ3v) is 6.88. The van der Waals surface area contributed by atoms with Gasteiger partial charge in [0, 0.05) is 12.6 Å². The van der Waals surface area contributed by atoms with Gasteiger partial charge in [-0.3, -0.25) is 0 Å². The van der Waals surface area contributed by atoms with Crippen molar-refractivity contribution in [3.8, 4) is 0 Å². The molecule has 0 radical (unpaired) electrons. The zero-order valence-corrected chi connectivity index (χ0v) is 15.5. The van der Waals surface area contributed by atoms with Crippen molar-refractivity contribution in [3.05, 3.63) is 53.6 Å². The minimum absolute atomic E-state index is 0.0130. The fourth-order valence-corrected chi connectivity index (χ4v) is 5.30. The summed E-state index contributed by atoms with van der Waals surface area (Å²) in [7, 11) is -3.86. The molecule has 1 saturated carbocycles. The van der Waals surface area contributed by atoms with Crippen molar-refractivity contribution in [3.63, 3.8) is 0 Å². The van der Waals surface area contributed by atoms with Crippen LogP contribution in [-0.4, -0.2) is 27.5 Å². The van der Waals surface area contributed by atoms with E-state index in [4.69, 9.17) is 0 Å². The maximum atomic E-state index is 13.2. The van der Waals surface area contributed by atoms with Gasteiger partial charge in [0.15, 0.2) is 0 Å². The number of nitrogens with zero attached hydrogens (tertiary/aromatic N) is 3. The van der Waals surface area contributed by atoms with E-state index in [2.05, 4.69) is 8.75 Å². The van der Waals surface area contributed by atoms with Crippen LogP contribution in [0.4, 0.5) is 13.2 Å². The van der Waals surface area contributed by atoms with E-state index in [0.29, 0.717) is 16.6 Å². The van der Waals surface area contributed by atoms with Crippen LogP contribution < -0.4 is 0 Å². The van der Waals surface area contributed by atoms with Gasteiger partial charge in [-0.05, 0) is 42.7 Å². The molecule has 5 nitrogen and oxygen atoms in total. The highest BCUT2D eigenvalue weighted by molar-refractivity contribution is 7.89. The first kappa shape index (κ1) is 18.3. The van der Waals surface area contributed by atoms with Crippen molar-refractivity contribution in [2.45, 2.75) is 36.5 Å². The second-order valence-corrected chi connectivity index (χ2v) is 8.75. The Labute approximate surface area is 157 Å². The van der Waals surface area contributed by atoms with Gasteiger partial charge in [0.2, 0.25) is 10.0 Å². The Morgan fingerprint density at radius 1 is 1.07 bits per heavy atom. The highest BCUT2D eigenvalue weighted by Gasteiger charge is 2.39. The Bertz CT molecular complexity index is 1070. The summed E-state index contributed by atoms with van der Waals surface area (Å²) in [6, 6.07) is 9.21. The SMILES string of the molecule is O=S(=O)(c1cccc2nsnc12)N(Cc1ccc(C(F)(F)F)cc1)C1CC1. The first-order chi connectivity index (χ1) is 12.8. The third-order valence-electron chi connectivity index (χ3n) is 4.41. The fourth-order valence-electron chi connectivity index (χ4n) is 2.87. The molecule has 0 spiro atoms. The molecule has 10 heteroatoms. The summed E-state index contributed by atoms with van der Waals surface area (Å²) in [5.74, 6) is 0. The van der Waals surface area contributed by atoms with E-state index >= 15 is 0 Å². The lowest BCUT2D eigenvalue weighted by Crippen LogP contribution is -2.32. The highest BCUT2D eigenvalue weighted by atomic mass is 32.2. The number of fused-ring (bicyclic) bond motifs is 1. The molecular weight excluding hydrogens is 399 g/mol. The van der Waals surface area contributed by atoms with E-state index in [0.717, 1.165) is 36.7 Å². The molecule has 0 aliphatic heterocycles. The van der Waals surface area contributed by atoms with Crippen molar-refractivity contribution in [1.82, 2.24) is 13.1 Å². The number of rotatable bonds is 5. The Hall–Kier alpha value is -2.04. The second-order valence-electron chi connectivity index (χ2n) is 6.36. The van der Waals surface area contributed by atoms with Crippen LogP contribution in [0.3, 0.4) is 0 Å². The van der Waals surface area contributed by atoms with Gasteiger partial charge < -0.3 is 0 Å². The standard InChI is InChI=1S/C17H14F3N3O2S2/c18-17(19,20)12-6-4-11(5-7-12)10-23(13-8-9-13)27(24,25)15-3-1-2-14-16(15)22-26-21-14/h1-7,13H,8-10H2. The summed E-state index contributed by atoms with van der Waals surface area (Å²) in [5, 5.41) is 0. The molecule has 3 aromatic rings. The minimum Gasteiger partial charge on any atom is -0.207 e. The van der Waals surface area contributed by atoms with Crippen LogP contribution in [0.5, 0.6) is 0 Å². The second kappa shape index (κ2) is 6.54. The molecule has 1 aliphatic carbocycles. The van der Waals surface area contributed by atoms with E-state index in [1.54, 1.807) is 12.1 Å². The quantitative estimate of drug-likeness (QED) is 0.633. The van der Waals surface area contributed by atoms with Crippen LogP contribution in [0, 0.1) is 0 Å². The fraction of sp³-hybridized carbons (Fsp3) is 0.294. The molecule has 1 aliphatic rings. The number of hydrogen-bond acceptors (Lipinski definition) is 5. The lowest BCUT2D eigenvalue weighted by atomic mass is 10.1. The molecule has 0 amide bonds. The Morgan fingerprint density at radius 3 is 2.41 bits per heavy atom. The monoisotopic (exact) mass is 413 g/mol. The van der Waals surface area contributed by atoms with Crippen LogP contribution in [-0.2, 0) is 22.7 Å². The molecule has 1 aromatic heterocycles. The molecule has 1 heterocycles. The van der Waals surface area contributed by atoms with Crippen LogP contribution in [0.15, 0.2) is 47.4 Å². The van der Waals surface area contributed by atoms with Crippen LogP contribution >= 0.6 is 11.7 Å². The summed E-state index contributed by atoms with van der Waals surface area (Å²) in [4.78, 5) is 0.0764. The predicted octanol–water partition coefficient (Wildman–Crippen LogP) is 4.06. The van der Waals surface area contributed by atoms with Gasteiger partial charge in [-0.2, -0.15) is 26.2 Å². The number of hydrogen-bond donors (Lipinski definition) is 0. The number of alkyl halides is 3. The number of benzene rings is 2. The zero-order valence-electron chi connectivity index (χ0n) is 13.8. The molecular formula is C17H14F3N3O2S2. The third kappa shape index (κ3) is 3.56. The molecule has 0 N–H and O–H groups in total. The lowest BCUT2D eigenvalue weighted by molar-refractivity contribution is -0.137. The molecule has 0 saturated heterocycles. The lowest BCUT2D eigenvalue weighted by Gasteiger charge is -2.22. The van der Waals surface area contributed by atoms with Crippen LogP contribution in [0.2, 0.25) is 0 Å². The predicted molar refractivity (Wildman–Crippen MR) is 94.6 cm³/mol. The molecule has 0 atom stereocenters. The molecule has 1 fully saturated rings.